The molecular formula is C20H32N4O2. The van der Waals surface area contributed by atoms with E-state index >= 15 is 0 Å². The smallest absolute Gasteiger partial charge is 0.225 e. The van der Waals surface area contributed by atoms with Gasteiger partial charge in [-0.1, -0.05) is 13.8 Å². The second kappa shape index (κ2) is 8.33. The second-order valence-corrected chi connectivity index (χ2v) is 7.70. The molecule has 1 aromatic rings. The highest BCUT2D eigenvalue weighted by atomic mass is 16.5. The molecule has 6 nitrogen and oxygen atoms in total. The number of ether oxygens (including phenoxy) is 1. The summed E-state index contributed by atoms with van der Waals surface area (Å²) in [4.78, 5) is 24.2. The molecule has 1 saturated heterocycles. The molecule has 3 rings (SSSR count). The monoisotopic (exact) mass is 360 g/mol. The topological polar surface area (TPSA) is 67.4 Å². The Morgan fingerprint density at radius 2 is 2.00 bits per heavy atom. The van der Waals surface area contributed by atoms with Crippen molar-refractivity contribution in [3.05, 3.63) is 17.5 Å². The molecule has 2 heterocycles. The Kier molecular flexibility index (Phi) is 6.12. The summed E-state index contributed by atoms with van der Waals surface area (Å²) in [5.74, 6) is 1.04. The summed E-state index contributed by atoms with van der Waals surface area (Å²) in [6.07, 6.45) is 7.03. The van der Waals surface area contributed by atoms with Crippen molar-refractivity contribution < 1.29 is 9.53 Å². The van der Waals surface area contributed by atoms with E-state index in [-0.39, 0.29) is 30.1 Å². The minimum atomic E-state index is 0.0448. The number of hydrogen-bond acceptors (Lipinski definition) is 5. The summed E-state index contributed by atoms with van der Waals surface area (Å²) in [6, 6.07) is 0.0448. The molecule has 1 aromatic heterocycles. The lowest BCUT2D eigenvalue weighted by Gasteiger charge is -2.36. The highest BCUT2D eigenvalue weighted by molar-refractivity contribution is 5.79. The molecule has 1 amide bonds. The van der Waals surface area contributed by atoms with Crippen LogP contribution >= 0.6 is 0 Å². The first kappa shape index (κ1) is 19.1. The molecule has 0 bridgehead atoms. The van der Waals surface area contributed by atoms with Crippen LogP contribution < -0.4 is 10.2 Å². The molecule has 26 heavy (non-hydrogen) atoms. The van der Waals surface area contributed by atoms with Gasteiger partial charge in [0.15, 0.2) is 0 Å². The fraction of sp³-hybridized carbons (Fsp3) is 0.750. The number of carbonyl (C=O) groups excluding carboxylic acids is 1. The van der Waals surface area contributed by atoms with Crippen LogP contribution in [0.3, 0.4) is 0 Å². The number of fused-ring (bicyclic) bond motifs is 1. The number of anilines is 1. The van der Waals surface area contributed by atoms with Crippen LogP contribution in [-0.4, -0.2) is 41.2 Å². The molecule has 1 N–H and O–H groups in total. The van der Waals surface area contributed by atoms with Crippen molar-refractivity contribution in [2.24, 2.45) is 5.92 Å². The van der Waals surface area contributed by atoms with Gasteiger partial charge >= 0.3 is 0 Å². The van der Waals surface area contributed by atoms with E-state index in [1.165, 1.54) is 0 Å². The summed E-state index contributed by atoms with van der Waals surface area (Å²) in [5.41, 5.74) is 2.18. The maximum absolute atomic E-state index is 12.5. The molecule has 1 aliphatic carbocycles. The highest BCUT2D eigenvalue weighted by Crippen LogP contribution is 2.30. The molecule has 6 heteroatoms. The van der Waals surface area contributed by atoms with Crippen LogP contribution in [0.1, 0.15) is 70.7 Å². The third-order valence-corrected chi connectivity index (χ3v) is 5.54. The zero-order valence-corrected chi connectivity index (χ0v) is 16.5. The van der Waals surface area contributed by atoms with Crippen molar-refractivity contribution >= 4 is 11.9 Å². The van der Waals surface area contributed by atoms with E-state index in [4.69, 9.17) is 9.72 Å². The Labute approximate surface area is 156 Å². The van der Waals surface area contributed by atoms with E-state index < -0.39 is 0 Å². The number of morpholine rings is 1. The molecule has 0 spiro atoms. The summed E-state index contributed by atoms with van der Waals surface area (Å²) in [7, 11) is 0. The Balaban J connectivity index is 1.76. The van der Waals surface area contributed by atoms with Crippen molar-refractivity contribution in [2.45, 2.75) is 78.0 Å². The van der Waals surface area contributed by atoms with E-state index in [9.17, 15) is 4.79 Å². The summed E-state index contributed by atoms with van der Waals surface area (Å²) in [6.45, 7) is 9.95. The van der Waals surface area contributed by atoms with Crippen LogP contribution in [0.15, 0.2) is 6.20 Å². The first-order chi connectivity index (χ1) is 12.5. The van der Waals surface area contributed by atoms with Gasteiger partial charge in [-0.05, 0) is 46.0 Å². The van der Waals surface area contributed by atoms with Gasteiger partial charge in [-0.15, -0.1) is 0 Å². The first-order valence-electron chi connectivity index (χ1n) is 10.1. The van der Waals surface area contributed by atoms with Crippen LogP contribution in [-0.2, 0) is 16.0 Å². The Hall–Kier alpha value is -1.69. The lowest BCUT2D eigenvalue weighted by Crippen LogP contribution is -2.46. The van der Waals surface area contributed by atoms with E-state index in [1.807, 2.05) is 6.20 Å². The van der Waals surface area contributed by atoms with Crippen LogP contribution in [0.4, 0.5) is 5.95 Å². The summed E-state index contributed by atoms with van der Waals surface area (Å²) in [5, 5.41) is 3.24. The molecule has 0 radical (unpaired) electrons. The van der Waals surface area contributed by atoms with E-state index in [0.29, 0.717) is 0 Å². The minimum absolute atomic E-state index is 0.0448. The predicted molar refractivity (Wildman–Crippen MR) is 102 cm³/mol. The van der Waals surface area contributed by atoms with Crippen LogP contribution in [0, 0.1) is 5.92 Å². The molecule has 1 fully saturated rings. The van der Waals surface area contributed by atoms with Gasteiger partial charge in [0.05, 0.1) is 23.9 Å². The van der Waals surface area contributed by atoms with Gasteiger partial charge in [0, 0.05) is 30.8 Å². The van der Waals surface area contributed by atoms with Gasteiger partial charge in [-0.2, -0.15) is 0 Å². The van der Waals surface area contributed by atoms with Crippen LogP contribution in [0.5, 0.6) is 0 Å². The molecule has 3 atom stereocenters. The van der Waals surface area contributed by atoms with Gasteiger partial charge in [0.2, 0.25) is 11.9 Å². The largest absolute Gasteiger partial charge is 0.372 e. The zero-order valence-electron chi connectivity index (χ0n) is 16.5. The van der Waals surface area contributed by atoms with Gasteiger partial charge in [0.1, 0.15) is 0 Å². The van der Waals surface area contributed by atoms with Gasteiger partial charge in [0.25, 0.3) is 0 Å². The SMILES string of the molecule is CCC(CC)C(=O)N[C@@H]1CCCc2nc(N3C[C@@H](C)O[C@@H](C)C3)ncc21. The maximum Gasteiger partial charge on any atom is 0.225 e. The summed E-state index contributed by atoms with van der Waals surface area (Å²) < 4.78 is 5.81. The fourth-order valence-corrected chi connectivity index (χ4v) is 4.13. The third-order valence-electron chi connectivity index (χ3n) is 5.54. The number of aryl methyl sites for hydroxylation is 1. The second-order valence-electron chi connectivity index (χ2n) is 7.70. The number of aromatic nitrogens is 2. The van der Waals surface area contributed by atoms with Gasteiger partial charge in [-0.25, -0.2) is 9.97 Å². The number of nitrogens with one attached hydrogen (secondary N) is 1. The quantitative estimate of drug-likeness (QED) is 0.874. The number of carbonyl (C=O) groups is 1. The zero-order chi connectivity index (χ0) is 18.7. The average Bonchev–Trinajstić information content (AvgIpc) is 2.61. The Morgan fingerprint density at radius 3 is 2.65 bits per heavy atom. The lowest BCUT2D eigenvalue weighted by atomic mass is 9.91. The standard InChI is InChI=1S/C20H32N4O2/c1-5-15(6-2)19(25)22-17-8-7-9-18-16(17)10-21-20(23-18)24-11-13(3)26-14(4)12-24/h10,13-15,17H,5-9,11-12H2,1-4H3,(H,22,25)/t13-,14+,17-/m1/s1. The van der Waals surface area contributed by atoms with E-state index in [0.717, 1.165) is 62.4 Å². The molecule has 2 aliphatic rings. The third kappa shape index (κ3) is 4.17. The molecule has 1 aliphatic heterocycles. The molecular weight excluding hydrogens is 328 g/mol. The fourth-order valence-electron chi connectivity index (χ4n) is 4.13. The first-order valence-corrected chi connectivity index (χ1v) is 10.1. The number of rotatable bonds is 5. The molecule has 0 aromatic carbocycles. The van der Waals surface area contributed by atoms with Crippen molar-refractivity contribution in [1.29, 1.82) is 0 Å². The van der Waals surface area contributed by atoms with Crippen molar-refractivity contribution in [1.82, 2.24) is 15.3 Å². The number of hydrogen-bond donors (Lipinski definition) is 1. The number of amides is 1. The van der Waals surface area contributed by atoms with Crippen LogP contribution in [0.2, 0.25) is 0 Å². The van der Waals surface area contributed by atoms with Crippen molar-refractivity contribution in [2.75, 3.05) is 18.0 Å². The Morgan fingerprint density at radius 1 is 1.31 bits per heavy atom. The molecule has 0 saturated carbocycles. The van der Waals surface area contributed by atoms with E-state index in [1.54, 1.807) is 0 Å². The number of nitrogens with zero attached hydrogens (tertiary/aromatic N) is 3. The van der Waals surface area contributed by atoms with Crippen LogP contribution in [0.25, 0.3) is 0 Å². The van der Waals surface area contributed by atoms with Crippen molar-refractivity contribution in [3.8, 4) is 0 Å². The maximum atomic E-state index is 12.5. The lowest BCUT2D eigenvalue weighted by molar-refractivity contribution is -0.126. The predicted octanol–water partition coefficient (Wildman–Crippen LogP) is 3.02. The molecule has 0 unspecified atom stereocenters. The normalized spacial score (nSPS) is 25.9. The van der Waals surface area contributed by atoms with E-state index in [2.05, 4.69) is 42.9 Å². The summed E-state index contributed by atoms with van der Waals surface area (Å²) >= 11 is 0. The Bertz CT molecular complexity index is 622. The minimum Gasteiger partial charge on any atom is -0.372 e. The van der Waals surface area contributed by atoms with Gasteiger partial charge < -0.3 is 15.0 Å². The van der Waals surface area contributed by atoms with Crippen molar-refractivity contribution in [3.63, 3.8) is 0 Å². The van der Waals surface area contributed by atoms with Gasteiger partial charge in [-0.3, -0.25) is 4.79 Å². The average molecular weight is 361 g/mol. The highest BCUT2D eigenvalue weighted by Gasteiger charge is 2.28. The molecule has 144 valence electrons.